The van der Waals surface area contributed by atoms with Crippen molar-refractivity contribution in [2.75, 3.05) is 0 Å². The molecule has 5 heavy (non-hydrogen) atoms. The van der Waals surface area contributed by atoms with Gasteiger partial charge in [0.25, 0.3) is 4.96 Å². The lowest BCUT2D eigenvalue weighted by Gasteiger charge is -1.56. The fraction of sp³-hybridized carbons (Fsp3) is 1.00. The lowest BCUT2D eigenvalue weighted by molar-refractivity contribution is 0.505. The second-order valence-corrected chi connectivity index (χ2v) is 1.29. The van der Waals surface area contributed by atoms with Gasteiger partial charge in [0.05, 0.1) is 0 Å². The van der Waals surface area contributed by atoms with Gasteiger partial charge in [-0.05, 0) is 6.55 Å². The van der Waals surface area contributed by atoms with Gasteiger partial charge in [-0.25, -0.2) is 0 Å². The molecule has 0 radical (unpaired) electrons. The standard InChI is InChI=1S/CH5O3Si/c1-5-4-3-2/h5H2,1H3/q+1. The predicted octanol–water partition coefficient (Wildman–Crippen LogP) is -0.334. The second kappa shape index (κ2) is 3.62. The maximum atomic E-state index is 8.84. The summed E-state index contributed by atoms with van der Waals surface area (Å²) in [6.07, 6.45) is 0. The van der Waals surface area contributed by atoms with Crippen molar-refractivity contribution in [1.82, 2.24) is 0 Å². The third-order valence-electron chi connectivity index (χ3n) is 0.166. The zero-order chi connectivity index (χ0) is 4.12. The van der Waals surface area contributed by atoms with E-state index in [4.69, 9.17) is 4.96 Å². The monoisotopic (exact) mass is 93.0 g/mol. The Morgan fingerprint density at radius 1 is 2.00 bits per heavy atom. The zero-order valence-corrected chi connectivity index (χ0v) is 4.35. The summed E-state index contributed by atoms with van der Waals surface area (Å²) < 4.78 is 6.92. The molecule has 30 valence electrons. The molecule has 3 nitrogen and oxygen atoms in total. The molecule has 0 heterocycles. The first-order chi connectivity index (χ1) is 2.41. The summed E-state index contributed by atoms with van der Waals surface area (Å²) in [6, 6.07) is 0. The first kappa shape index (κ1) is 4.62. The SMILES string of the molecule is C[SiH2]O[O+]=O. The van der Waals surface area contributed by atoms with Crippen molar-refractivity contribution in [3.63, 3.8) is 0 Å². The third-order valence-corrected chi connectivity index (χ3v) is 0.498. The minimum Gasteiger partial charge on any atom is -0.166 e. The summed E-state index contributed by atoms with van der Waals surface area (Å²) in [7, 11) is -0.621. The van der Waals surface area contributed by atoms with Crippen molar-refractivity contribution in [3.05, 3.63) is 9.71 Å². The van der Waals surface area contributed by atoms with Crippen LogP contribution in [0.15, 0.2) is 0 Å². The molecule has 0 aliphatic heterocycles. The van der Waals surface area contributed by atoms with Crippen molar-refractivity contribution in [3.8, 4) is 0 Å². The molecular weight excluding hydrogens is 88.1 g/mol. The highest BCUT2D eigenvalue weighted by molar-refractivity contribution is 6.24. The average molecular weight is 93.1 g/mol. The van der Waals surface area contributed by atoms with E-state index in [2.05, 4.69) is 9.32 Å². The largest absolute Gasteiger partial charge is 0.364 e. The highest BCUT2D eigenvalue weighted by Gasteiger charge is 1.82. The first-order valence-electron chi connectivity index (χ1n) is 1.33. The smallest absolute Gasteiger partial charge is 0.166 e. The maximum Gasteiger partial charge on any atom is 0.364 e. The van der Waals surface area contributed by atoms with E-state index in [1.54, 1.807) is 6.55 Å². The van der Waals surface area contributed by atoms with Crippen LogP contribution >= 0.6 is 0 Å². The second-order valence-electron chi connectivity index (χ2n) is 0.475. The molecule has 0 amide bonds. The molecule has 0 bridgehead atoms. The Kier molecular flexibility index (Phi) is 3.34. The molecule has 0 rings (SSSR count). The first-order valence-corrected chi connectivity index (χ1v) is 3.32. The molecule has 0 aromatic heterocycles. The van der Waals surface area contributed by atoms with Gasteiger partial charge in [-0.15, -0.1) is 0 Å². The van der Waals surface area contributed by atoms with Gasteiger partial charge in [0.15, 0.2) is 0 Å². The van der Waals surface area contributed by atoms with Crippen molar-refractivity contribution in [1.29, 1.82) is 0 Å². The molecule has 0 aliphatic rings. The van der Waals surface area contributed by atoms with E-state index in [0.29, 0.717) is 0 Å². The van der Waals surface area contributed by atoms with Gasteiger partial charge in [-0.2, -0.15) is 4.58 Å². The number of rotatable bonds is 2. The molecule has 4 heteroatoms. The molecule has 0 N–H and O–H groups in total. The third kappa shape index (κ3) is 3.62. The normalized spacial score (nSPS) is 9.00. The Morgan fingerprint density at radius 3 is 2.60 bits per heavy atom. The van der Waals surface area contributed by atoms with Crippen LogP contribution in [-0.2, 0) is 4.58 Å². The van der Waals surface area contributed by atoms with E-state index in [9.17, 15) is 0 Å². The number of hydrogen-bond acceptors (Lipinski definition) is 2. The molecule has 0 unspecified atom stereocenters. The molecule has 0 spiro atoms. The van der Waals surface area contributed by atoms with Crippen LogP contribution in [0.3, 0.4) is 0 Å². The Hall–Kier alpha value is -0.383. The molecule has 0 fully saturated rings. The Balaban J connectivity index is 2.40. The lowest BCUT2D eigenvalue weighted by atomic mass is 11.9. The maximum absolute atomic E-state index is 8.84. The van der Waals surface area contributed by atoms with Crippen molar-refractivity contribution < 1.29 is 4.58 Å². The Morgan fingerprint density at radius 2 is 2.60 bits per heavy atom. The fourth-order valence-corrected chi connectivity index (χ4v) is 0.144. The molecule has 0 saturated heterocycles. The van der Waals surface area contributed by atoms with Crippen molar-refractivity contribution >= 4 is 9.76 Å². The van der Waals surface area contributed by atoms with Gasteiger partial charge in [-0.1, -0.05) is 0 Å². The van der Waals surface area contributed by atoms with Crippen molar-refractivity contribution in [2.24, 2.45) is 0 Å². The lowest BCUT2D eigenvalue weighted by Crippen LogP contribution is -1.80. The van der Waals surface area contributed by atoms with Gasteiger partial charge in [0.1, 0.15) is 0 Å². The van der Waals surface area contributed by atoms with Gasteiger partial charge in [0, 0.05) is 0 Å². The molecule has 0 atom stereocenters. The van der Waals surface area contributed by atoms with Gasteiger partial charge in [0.2, 0.25) is 0 Å². The predicted molar refractivity (Wildman–Crippen MR) is 22.2 cm³/mol. The van der Waals surface area contributed by atoms with Gasteiger partial charge >= 0.3 is 14.5 Å². The summed E-state index contributed by atoms with van der Waals surface area (Å²) in [6.45, 7) is 1.80. The van der Waals surface area contributed by atoms with E-state index in [-0.39, 0.29) is 0 Å². The minimum absolute atomic E-state index is 0.621. The van der Waals surface area contributed by atoms with Crippen LogP contribution in [0.5, 0.6) is 0 Å². The molecular formula is CH5O3Si+. The Bertz CT molecular complexity index is 28.1. The average Bonchev–Trinajstić information content (AvgIpc) is 1.41. The topological polar surface area (TPSA) is 37.6 Å². The van der Waals surface area contributed by atoms with E-state index >= 15 is 0 Å². The van der Waals surface area contributed by atoms with Crippen LogP contribution in [0.1, 0.15) is 0 Å². The zero-order valence-electron chi connectivity index (χ0n) is 2.93. The van der Waals surface area contributed by atoms with Gasteiger partial charge in [-0.3, -0.25) is 0 Å². The molecule has 0 aromatic carbocycles. The van der Waals surface area contributed by atoms with Crippen LogP contribution in [0.2, 0.25) is 6.55 Å². The van der Waals surface area contributed by atoms with Crippen LogP contribution < -0.4 is 0 Å². The van der Waals surface area contributed by atoms with E-state index < -0.39 is 9.76 Å². The summed E-state index contributed by atoms with van der Waals surface area (Å²) >= 11 is 0. The highest BCUT2D eigenvalue weighted by atomic mass is 28.2. The molecule has 0 saturated carbocycles. The van der Waals surface area contributed by atoms with E-state index in [0.717, 1.165) is 0 Å². The van der Waals surface area contributed by atoms with E-state index in [1.165, 1.54) is 0 Å². The molecule has 0 aromatic rings. The summed E-state index contributed by atoms with van der Waals surface area (Å²) in [5.41, 5.74) is 0. The summed E-state index contributed by atoms with van der Waals surface area (Å²) in [4.78, 5) is 8.84. The Labute approximate surface area is 31.7 Å². The van der Waals surface area contributed by atoms with Gasteiger partial charge < -0.3 is 0 Å². The van der Waals surface area contributed by atoms with E-state index in [1.807, 2.05) is 0 Å². The fourth-order valence-electron chi connectivity index (χ4n) is 0.0481. The van der Waals surface area contributed by atoms with Crippen LogP contribution in [0, 0.1) is 9.71 Å². The number of hydrogen-bond donors (Lipinski definition) is 0. The van der Waals surface area contributed by atoms with Crippen LogP contribution in [0.25, 0.3) is 0 Å². The van der Waals surface area contributed by atoms with Crippen molar-refractivity contribution in [2.45, 2.75) is 6.55 Å². The summed E-state index contributed by atoms with van der Waals surface area (Å²) in [5.74, 6) is 0. The molecule has 0 aliphatic carbocycles. The highest BCUT2D eigenvalue weighted by Crippen LogP contribution is 1.58. The van der Waals surface area contributed by atoms with Crippen LogP contribution in [-0.4, -0.2) is 9.76 Å². The minimum atomic E-state index is -0.621. The summed E-state index contributed by atoms with van der Waals surface area (Å²) in [5, 5.41) is 0. The van der Waals surface area contributed by atoms with Crippen LogP contribution in [0.4, 0.5) is 0 Å². The quantitative estimate of drug-likeness (QED) is 0.203.